The number of thioether (sulfide) groups is 1. The van der Waals surface area contributed by atoms with Crippen LogP contribution in [0.25, 0.3) is 0 Å². The zero-order valence-corrected chi connectivity index (χ0v) is 16.0. The van der Waals surface area contributed by atoms with Crippen LogP contribution in [0.3, 0.4) is 0 Å². The molecule has 0 aliphatic carbocycles. The quantitative estimate of drug-likeness (QED) is 0.413. The zero-order valence-electron chi connectivity index (χ0n) is 15.2. The van der Waals surface area contributed by atoms with Crippen LogP contribution >= 0.6 is 11.8 Å². The van der Waals surface area contributed by atoms with Crippen molar-refractivity contribution in [3.05, 3.63) is 35.9 Å². The maximum absolute atomic E-state index is 4.28. The van der Waals surface area contributed by atoms with Gasteiger partial charge in [-0.05, 0) is 45.7 Å². The molecule has 0 aliphatic heterocycles. The standard InChI is InChI=1S/C18H32N4S/c1-18(2,23-5)15-21-17(19-3)20-12-9-13-22(4)14-16-10-7-6-8-11-16/h6-8,10-11H,9,12-15H2,1-5H3,(H2,19,20,21). The van der Waals surface area contributed by atoms with E-state index in [1.54, 1.807) is 0 Å². The summed E-state index contributed by atoms with van der Waals surface area (Å²) in [5, 5.41) is 6.78. The minimum atomic E-state index is 0.216. The van der Waals surface area contributed by atoms with Crippen LogP contribution in [0.4, 0.5) is 0 Å². The third-order valence-electron chi connectivity index (χ3n) is 3.76. The highest BCUT2D eigenvalue weighted by atomic mass is 32.2. The van der Waals surface area contributed by atoms with E-state index in [1.807, 2.05) is 18.8 Å². The van der Waals surface area contributed by atoms with Crippen LogP contribution in [-0.4, -0.2) is 55.6 Å². The summed E-state index contributed by atoms with van der Waals surface area (Å²) in [7, 11) is 3.99. The van der Waals surface area contributed by atoms with E-state index < -0.39 is 0 Å². The van der Waals surface area contributed by atoms with Crippen LogP contribution < -0.4 is 10.6 Å². The van der Waals surface area contributed by atoms with Crippen molar-refractivity contribution in [3.8, 4) is 0 Å². The molecule has 0 atom stereocenters. The van der Waals surface area contributed by atoms with Gasteiger partial charge in [0.25, 0.3) is 0 Å². The maximum Gasteiger partial charge on any atom is 0.191 e. The molecule has 1 aromatic rings. The smallest absolute Gasteiger partial charge is 0.191 e. The molecule has 130 valence electrons. The normalized spacial score (nSPS) is 12.5. The minimum Gasteiger partial charge on any atom is -0.356 e. The average molecular weight is 337 g/mol. The van der Waals surface area contributed by atoms with E-state index in [0.29, 0.717) is 0 Å². The molecule has 2 N–H and O–H groups in total. The summed E-state index contributed by atoms with van der Waals surface area (Å²) in [4.78, 5) is 6.63. The van der Waals surface area contributed by atoms with Gasteiger partial charge in [-0.15, -0.1) is 0 Å². The number of hydrogen-bond donors (Lipinski definition) is 2. The third-order valence-corrected chi connectivity index (χ3v) is 5.01. The van der Waals surface area contributed by atoms with Crippen molar-refractivity contribution in [2.45, 2.75) is 31.6 Å². The van der Waals surface area contributed by atoms with Gasteiger partial charge in [-0.1, -0.05) is 30.3 Å². The lowest BCUT2D eigenvalue weighted by atomic mass is 10.2. The molecule has 0 saturated heterocycles. The molecule has 0 spiro atoms. The summed E-state index contributed by atoms with van der Waals surface area (Å²) in [5.74, 6) is 0.887. The van der Waals surface area contributed by atoms with E-state index in [-0.39, 0.29) is 4.75 Å². The van der Waals surface area contributed by atoms with Gasteiger partial charge < -0.3 is 15.5 Å². The molecule has 0 fully saturated rings. The Kier molecular flexibility index (Phi) is 9.10. The highest BCUT2D eigenvalue weighted by Crippen LogP contribution is 2.19. The van der Waals surface area contributed by atoms with Gasteiger partial charge >= 0.3 is 0 Å². The summed E-state index contributed by atoms with van der Waals surface area (Å²) in [5.41, 5.74) is 1.36. The van der Waals surface area contributed by atoms with E-state index in [0.717, 1.165) is 38.6 Å². The lowest BCUT2D eigenvalue weighted by molar-refractivity contribution is 0.322. The van der Waals surface area contributed by atoms with Gasteiger partial charge in [0.15, 0.2) is 5.96 Å². The van der Waals surface area contributed by atoms with Gasteiger partial charge in [-0.3, -0.25) is 4.99 Å². The number of hydrogen-bond acceptors (Lipinski definition) is 3. The molecule has 5 heteroatoms. The van der Waals surface area contributed by atoms with Crippen LogP contribution in [0.1, 0.15) is 25.8 Å². The Bertz CT molecular complexity index is 459. The van der Waals surface area contributed by atoms with Gasteiger partial charge in [0, 0.05) is 31.4 Å². The molecule has 4 nitrogen and oxygen atoms in total. The van der Waals surface area contributed by atoms with Crippen LogP contribution in [0.2, 0.25) is 0 Å². The molecule has 1 aromatic carbocycles. The van der Waals surface area contributed by atoms with E-state index in [1.165, 1.54) is 5.56 Å². The molecule has 0 heterocycles. The van der Waals surface area contributed by atoms with Gasteiger partial charge in [-0.25, -0.2) is 0 Å². The van der Waals surface area contributed by atoms with Crippen molar-refractivity contribution in [1.29, 1.82) is 0 Å². The number of aliphatic imine (C=N–C) groups is 1. The predicted octanol–water partition coefficient (Wildman–Crippen LogP) is 2.82. The lowest BCUT2D eigenvalue weighted by Gasteiger charge is -2.24. The fourth-order valence-corrected chi connectivity index (χ4v) is 2.34. The van der Waals surface area contributed by atoms with Gasteiger partial charge in [0.2, 0.25) is 0 Å². The summed E-state index contributed by atoms with van der Waals surface area (Å²) < 4.78 is 0.216. The number of rotatable bonds is 9. The van der Waals surface area contributed by atoms with Crippen molar-refractivity contribution < 1.29 is 0 Å². The van der Waals surface area contributed by atoms with Crippen molar-refractivity contribution in [2.24, 2.45) is 4.99 Å². The second-order valence-electron chi connectivity index (χ2n) is 6.39. The highest BCUT2D eigenvalue weighted by molar-refractivity contribution is 7.99. The van der Waals surface area contributed by atoms with Crippen molar-refractivity contribution in [3.63, 3.8) is 0 Å². The Labute approximate surface area is 146 Å². The van der Waals surface area contributed by atoms with E-state index in [4.69, 9.17) is 0 Å². The van der Waals surface area contributed by atoms with Crippen LogP contribution in [0.5, 0.6) is 0 Å². The number of guanidine groups is 1. The number of nitrogens with zero attached hydrogens (tertiary/aromatic N) is 2. The molecule has 0 bridgehead atoms. The predicted molar refractivity (Wildman–Crippen MR) is 104 cm³/mol. The first-order valence-corrected chi connectivity index (χ1v) is 9.41. The fraction of sp³-hybridized carbons (Fsp3) is 0.611. The number of benzene rings is 1. The highest BCUT2D eigenvalue weighted by Gasteiger charge is 2.15. The summed E-state index contributed by atoms with van der Waals surface area (Å²) in [6.07, 6.45) is 3.23. The molecule has 0 aromatic heterocycles. The largest absolute Gasteiger partial charge is 0.356 e. The SMILES string of the molecule is CN=C(NCCCN(C)Cc1ccccc1)NCC(C)(C)SC. The lowest BCUT2D eigenvalue weighted by Crippen LogP contribution is -2.43. The van der Waals surface area contributed by atoms with Crippen molar-refractivity contribution in [1.82, 2.24) is 15.5 Å². The Morgan fingerprint density at radius 2 is 1.91 bits per heavy atom. The fourth-order valence-electron chi connectivity index (χ4n) is 2.12. The second kappa shape index (κ2) is 10.6. The summed E-state index contributed by atoms with van der Waals surface area (Å²) in [6.45, 7) is 8.36. The molecule has 0 unspecified atom stereocenters. The molecule has 23 heavy (non-hydrogen) atoms. The van der Waals surface area contributed by atoms with E-state index >= 15 is 0 Å². The van der Waals surface area contributed by atoms with E-state index in [9.17, 15) is 0 Å². The summed E-state index contributed by atoms with van der Waals surface area (Å²) in [6, 6.07) is 10.6. The van der Waals surface area contributed by atoms with Crippen LogP contribution in [0, 0.1) is 0 Å². The maximum atomic E-state index is 4.28. The van der Waals surface area contributed by atoms with Gasteiger partial charge in [0.1, 0.15) is 0 Å². The second-order valence-corrected chi connectivity index (χ2v) is 7.91. The van der Waals surface area contributed by atoms with Crippen molar-refractivity contribution in [2.75, 3.05) is 40.0 Å². The molecule has 1 rings (SSSR count). The molecule has 0 aliphatic rings. The topological polar surface area (TPSA) is 39.7 Å². The third kappa shape index (κ3) is 8.86. The number of nitrogens with one attached hydrogen (secondary N) is 2. The Hall–Kier alpha value is -1.20. The Morgan fingerprint density at radius 3 is 2.52 bits per heavy atom. The molecule has 0 saturated carbocycles. The van der Waals surface area contributed by atoms with Gasteiger partial charge in [-0.2, -0.15) is 11.8 Å². The van der Waals surface area contributed by atoms with Gasteiger partial charge in [0.05, 0.1) is 0 Å². The van der Waals surface area contributed by atoms with E-state index in [2.05, 4.69) is 78.0 Å². The first kappa shape index (κ1) is 19.8. The minimum absolute atomic E-state index is 0.216. The average Bonchev–Trinajstić information content (AvgIpc) is 2.55. The molecule has 0 amide bonds. The summed E-state index contributed by atoms with van der Waals surface area (Å²) >= 11 is 1.86. The zero-order chi connectivity index (χ0) is 17.1. The first-order chi connectivity index (χ1) is 11.0. The van der Waals surface area contributed by atoms with Crippen molar-refractivity contribution >= 4 is 17.7 Å². The van der Waals surface area contributed by atoms with Crippen LogP contribution in [-0.2, 0) is 6.54 Å². The van der Waals surface area contributed by atoms with Crippen LogP contribution in [0.15, 0.2) is 35.3 Å². The Balaban J connectivity index is 2.19. The molecular formula is C18H32N4S. The molecule has 0 radical (unpaired) electrons. The molecular weight excluding hydrogens is 304 g/mol. The first-order valence-electron chi connectivity index (χ1n) is 8.19. The Morgan fingerprint density at radius 1 is 1.22 bits per heavy atom. The monoisotopic (exact) mass is 336 g/mol.